The number of carbonyl (C=O) groups is 1. The number of rotatable bonds is 12. The summed E-state index contributed by atoms with van der Waals surface area (Å²) in [5, 5.41) is 3.78. The summed E-state index contributed by atoms with van der Waals surface area (Å²) in [5.74, 6) is -1.43. The molecule has 5 nitrogen and oxygen atoms in total. The van der Waals surface area contributed by atoms with Crippen LogP contribution in [0.25, 0.3) is 11.1 Å². The molecule has 3 N–H and O–H groups in total. The van der Waals surface area contributed by atoms with Gasteiger partial charge in [0.25, 0.3) is 0 Å². The fourth-order valence-corrected chi connectivity index (χ4v) is 4.07. The van der Waals surface area contributed by atoms with Crippen LogP contribution in [0.1, 0.15) is 40.7 Å². The van der Waals surface area contributed by atoms with Crippen molar-refractivity contribution in [1.82, 2.24) is 5.32 Å². The predicted molar refractivity (Wildman–Crippen MR) is 134 cm³/mol. The standard InChI is InChI=1S/C27H30ClFN2O3/c1-3-13-31-17-22(18-7-5-4-6-8-18)19-9-11-23(28)21(16-19)25-20(27(30)32)10-12-24(26(25)29)34-15-14-33-2/h4-12,16,22,31H,3,13-15,17H2,1-2H3,(H2,30,32)/t22-/m1/s1. The molecule has 0 heterocycles. The number of hydrogen-bond acceptors (Lipinski definition) is 4. The summed E-state index contributed by atoms with van der Waals surface area (Å²) in [6.45, 7) is 4.15. The van der Waals surface area contributed by atoms with Crippen LogP contribution < -0.4 is 15.8 Å². The van der Waals surface area contributed by atoms with Crippen LogP contribution in [0.3, 0.4) is 0 Å². The lowest BCUT2D eigenvalue weighted by molar-refractivity contribution is 0.1000. The first-order valence-electron chi connectivity index (χ1n) is 11.3. The maximum atomic E-state index is 15.6. The van der Waals surface area contributed by atoms with Crippen molar-refractivity contribution in [3.8, 4) is 16.9 Å². The second kappa shape index (κ2) is 12.5. The number of primary amides is 1. The van der Waals surface area contributed by atoms with Gasteiger partial charge in [0, 0.05) is 35.7 Å². The molecule has 0 aliphatic heterocycles. The summed E-state index contributed by atoms with van der Waals surface area (Å²) in [6.07, 6.45) is 1.01. The number of ether oxygens (including phenoxy) is 2. The minimum Gasteiger partial charge on any atom is -0.488 e. The number of nitrogens with one attached hydrogen (secondary N) is 1. The van der Waals surface area contributed by atoms with E-state index in [4.69, 9.17) is 26.8 Å². The third kappa shape index (κ3) is 6.14. The van der Waals surface area contributed by atoms with E-state index >= 15 is 4.39 Å². The van der Waals surface area contributed by atoms with E-state index in [9.17, 15) is 4.79 Å². The molecule has 0 aromatic heterocycles. The predicted octanol–water partition coefficient (Wildman–Crippen LogP) is 5.40. The summed E-state index contributed by atoms with van der Waals surface area (Å²) in [7, 11) is 1.53. The molecule has 3 rings (SSSR count). The Hall–Kier alpha value is -2.93. The smallest absolute Gasteiger partial charge is 0.249 e. The normalized spacial score (nSPS) is 11.9. The van der Waals surface area contributed by atoms with Crippen LogP contribution in [0.15, 0.2) is 60.7 Å². The third-order valence-corrected chi connectivity index (χ3v) is 5.89. The molecule has 0 saturated carbocycles. The van der Waals surface area contributed by atoms with Crippen LogP contribution in [0, 0.1) is 5.82 Å². The molecule has 0 aliphatic carbocycles. The zero-order valence-corrected chi connectivity index (χ0v) is 20.2. The Bertz CT molecular complexity index is 1110. The fourth-order valence-electron chi connectivity index (χ4n) is 3.86. The van der Waals surface area contributed by atoms with Crippen molar-refractivity contribution < 1.29 is 18.7 Å². The first kappa shape index (κ1) is 25.7. The van der Waals surface area contributed by atoms with Crippen LogP contribution in [0.4, 0.5) is 4.39 Å². The number of benzene rings is 3. The van der Waals surface area contributed by atoms with Crippen LogP contribution in [-0.4, -0.2) is 39.3 Å². The minimum atomic E-state index is -0.747. The SMILES string of the molecule is CCCNC[C@H](c1ccccc1)c1ccc(Cl)c(-c2c(C(N)=O)ccc(OCCOC)c2F)c1. The number of halogens is 2. The van der Waals surface area contributed by atoms with E-state index < -0.39 is 11.7 Å². The maximum absolute atomic E-state index is 15.6. The van der Waals surface area contributed by atoms with Gasteiger partial charge in [0.15, 0.2) is 11.6 Å². The summed E-state index contributed by atoms with van der Waals surface area (Å²) in [4.78, 5) is 12.2. The number of nitrogens with two attached hydrogens (primary N) is 1. The Balaban J connectivity index is 2.11. The largest absolute Gasteiger partial charge is 0.488 e. The molecule has 0 saturated heterocycles. The molecule has 0 bridgehead atoms. The summed E-state index contributed by atoms with van der Waals surface area (Å²) in [5.41, 5.74) is 8.11. The van der Waals surface area contributed by atoms with E-state index in [-0.39, 0.29) is 29.4 Å². The van der Waals surface area contributed by atoms with Gasteiger partial charge in [-0.2, -0.15) is 0 Å². The number of hydrogen-bond donors (Lipinski definition) is 2. The summed E-state index contributed by atoms with van der Waals surface area (Å²) < 4.78 is 26.1. The third-order valence-electron chi connectivity index (χ3n) is 5.56. The maximum Gasteiger partial charge on any atom is 0.249 e. The Morgan fingerprint density at radius 3 is 2.53 bits per heavy atom. The van der Waals surface area contributed by atoms with Crippen molar-refractivity contribution in [3.63, 3.8) is 0 Å². The highest BCUT2D eigenvalue weighted by atomic mass is 35.5. The highest BCUT2D eigenvalue weighted by Gasteiger charge is 2.23. The van der Waals surface area contributed by atoms with Gasteiger partial charge in [0.05, 0.1) is 12.2 Å². The van der Waals surface area contributed by atoms with Crippen molar-refractivity contribution in [2.24, 2.45) is 5.73 Å². The van der Waals surface area contributed by atoms with E-state index in [0.717, 1.165) is 24.1 Å². The van der Waals surface area contributed by atoms with Crippen molar-refractivity contribution in [2.45, 2.75) is 19.3 Å². The van der Waals surface area contributed by atoms with Crippen LogP contribution >= 0.6 is 11.6 Å². The average molecular weight is 485 g/mol. The Morgan fingerprint density at radius 1 is 1.09 bits per heavy atom. The van der Waals surface area contributed by atoms with Gasteiger partial charge in [-0.25, -0.2) is 4.39 Å². The van der Waals surface area contributed by atoms with E-state index in [1.54, 1.807) is 6.07 Å². The van der Waals surface area contributed by atoms with Crippen LogP contribution in [0.5, 0.6) is 5.75 Å². The highest BCUT2D eigenvalue weighted by molar-refractivity contribution is 6.33. The van der Waals surface area contributed by atoms with Crippen LogP contribution in [0.2, 0.25) is 5.02 Å². The molecule has 0 radical (unpaired) electrons. The topological polar surface area (TPSA) is 73.6 Å². The Labute approximate surface area is 205 Å². The van der Waals surface area contributed by atoms with Gasteiger partial charge in [-0.3, -0.25) is 4.79 Å². The molecular formula is C27H30ClFN2O3. The van der Waals surface area contributed by atoms with Crippen molar-refractivity contribution in [2.75, 3.05) is 33.4 Å². The Kier molecular flexibility index (Phi) is 9.45. The van der Waals surface area contributed by atoms with Gasteiger partial charge in [-0.1, -0.05) is 54.9 Å². The number of methoxy groups -OCH3 is 1. The molecule has 3 aromatic carbocycles. The van der Waals surface area contributed by atoms with Gasteiger partial charge in [-0.05, 0) is 48.4 Å². The summed E-state index contributed by atoms with van der Waals surface area (Å²) in [6, 6.07) is 18.4. The lowest BCUT2D eigenvalue weighted by Gasteiger charge is -2.21. The lowest BCUT2D eigenvalue weighted by Crippen LogP contribution is -2.23. The monoisotopic (exact) mass is 484 g/mol. The van der Waals surface area contributed by atoms with Crippen molar-refractivity contribution >= 4 is 17.5 Å². The molecule has 0 spiro atoms. The van der Waals surface area contributed by atoms with E-state index in [1.807, 2.05) is 30.3 Å². The van der Waals surface area contributed by atoms with E-state index in [1.165, 1.54) is 19.2 Å². The second-order valence-corrected chi connectivity index (χ2v) is 8.32. The van der Waals surface area contributed by atoms with E-state index in [2.05, 4.69) is 24.4 Å². The van der Waals surface area contributed by atoms with Crippen molar-refractivity contribution in [3.05, 3.63) is 88.2 Å². The molecule has 180 valence electrons. The molecule has 1 atom stereocenters. The fraction of sp³-hybridized carbons (Fsp3) is 0.296. The molecule has 7 heteroatoms. The zero-order valence-electron chi connectivity index (χ0n) is 19.4. The molecule has 0 fully saturated rings. The Morgan fingerprint density at radius 2 is 1.85 bits per heavy atom. The van der Waals surface area contributed by atoms with Gasteiger partial charge >= 0.3 is 0 Å². The molecule has 1 amide bonds. The first-order valence-corrected chi connectivity index (χ1v) is 11.6. The van der Waals surface area contributed by atoms with Gasteiger partial charge in [-0.15, -0.1) is 0 Å². The molecule has 34 heavy (non-hydrogen) atoms. The molecule has 0 unspecified atom stereocenters. The number of carbonyl (C=O) groups excluding carboxylic acids is 1. The van der Waals surface area contributed by atoms with E-state index in [0.29, 0.717) is 23.7 Å². The van der Waals surface area contributed by atoms with Gasteiger partial charge in [0.2, 0.25) is 5.91 Å². The minimum absolute atomic E-state index is 0.00254. The zero-order chi connectivity index (χ0) is 24.5. The highest BCUT2D eigenvalue weighted by Crippen LogP contribution is 2.39. The van der Waals surface area contributed by atoms with Gasteiger partial charge < -0.3 is 20.5 Å². The first-order chi connectivity index (χ1) is 16.5. The lowest BCUT2D eigenvalue weighted by atomic mass is 9.88. The average Bonchev–Trinajstić information content (AvgIpc) is 2.84. The second-order valence-electron chi connectivity index (χ2n) is 7.91. The van der Waals surface area contributed by atoms with Gasteiger partial charge in [0.1, 0.15) is 6.61 Å². The number of amides is 1. The molecule has 0 aliphatic rings. The van der Waals surface area contributed by atoms with Crippen LogP contribution in [-0.2, 0) is 4.74 Å². The van der Waals surface area contributed by atoms with Crippen molar-refractivity contribution in [1.29, 1.82) is 0 Å². The molecule has 3 aromatic rings. The quantitative estimate of drug-likeness (QED) is 0.337. The summed E-state index contributed by atoms with van der Waals surface area (Å²) >= 11 is 6.54. The molecular weight excluding hydrogens is 455 g/mol.